The van der Waals surface area contributed by atoms with E-state index in [4.69, 9.17) is 5.73 Å². The van der Waals surface area contributed by atoms with Gasteiger partial charge in [-0.1, -0.05) is 0 Å². The lowest BCUT2D eigenvalue weighted by Crippen LogP contribution is -2.38. The quantitative estimate of drug-likeness (QED) is 0.873. The van der Waals surface area contributed by atoms with Gasteiger partial charge in [0.15, 0.2) is 11.6 Å². The highest BCUT2D eigenvalue weighted by Gasteiger charge is 2.33. The molecule has 21 heavy (non-hydrogen) atoms. The van der Waals surface area contributed by atoms with E-state index in [1.807, 2.05) is 0 Å². The van der Waals surface area contributed by atoms with E-state index in [1.54, 1.807) is 4.90 Å². The van der Waals surface area contributed by atoms with Crippen molar-refractivity contribution in [1.82, 2.24) is 0 Å². The first-order valence-electron chi connectivity index (χ1n) is 6.36. The molecule has 1 fully saturated rings. The summed E-state index contributed by atoms with van der Waals surface area (Å²) in [5.41, 5.74) is 5.63. The Bertz CT molecular complexity index is 525. The molecule has 2 N–H and O–H groups in total. The van der Waals surface area contributed by atoms with Crippen molar-refractivity contribution in [2.24, 2.45) is 11.7 Å². The fourth-order valence-corrected chi connectivity index (χ4v) is 2.31. The third kappa shape index (κ3) is 3.99. The van der Waals surface area contributed by atoms with Crippen molar-refractivity contribution in [3.05, 3.63) is 24.0 Å². The van der Waals surface area contributed by atoms with Crippen LogP contribution >= 0.6 is 0 Å². The van der Waals surface area contributed by atoms with Crippen LogP contribution in [0.1, 0.15) is 12.8 Å². The predicted octanol–water partition coefficient (Wildman–Crippen LogP) is 2.43. The SMILES string of the molecule is NC(=O)C1CCN(c2ccc(F)c(OC(F)(F)F)c2)CC1. The van der Waals surface area contributed by atoms with Gasteiger partial charge < -0.3 is 15.4 Å². The highest BCUT2D eigenvalue weighted by Crippen LogP contribution is 2.31. The molecule has 0 spiro atoms. The second kappa shape index (κ2) is 5.79. The average molecular weight is 306 g/mol. The summed E-state index contributed by atoms with van der Waals surface area (Å²) >= 11 is 0. The first-order valence-corrected chi connectivity index (χ1v) is 6.36. The van der Waals surface area contributed by atoms with Gasteiger partial charge in [-0.05, 0) is 25.0 Å². The van der Waals surface area contributed by atoms with Crippen LogP contribution in [0.3, 0.4) is 0 Å². The van der Waals surface area contributed by atoms with Gasteiger partial charge >= 0.3 is 6.36 Å². The van der Waals surface area contributed by atoms with Gasteiger partial charge in [0.25, 0.3) is 0 Å². The molecule has 1 aromatic carbocycles. The van der Waals surface area contributed by atoms with E-state index < -0.39 is 17.9 Å². The summed E-state index contributed by atoms with van der Waals surface area (Å²) < 4.78 is 53.5. The van der Waals surface area contributed by atoms with E-state index in [0.29, 0.717) is 31.6 Å². The number of hydrogen-bond acceptors (Lipinski definition) is 3. The van der Waals surface area contributed by atoms with Crippen molar-refractivity contribution >= 4 is 11.6 Å². The Labute approximate surface area is 118 Å². The van der Waals surface area contributed by atoms with E-state index in [9.17, 15) is 22.4 Å². The number of anilines is 1. The first kappa shape index (κ1) is 15.4. The standard InChI is InChI=1S/C13H14F4N2O2/c14-10-2-1-9(7-11(10)21-13(15,16)17)19-5-3-8(4-6-19)12(18)20/h1-2,7-8H,3-6H2,(H2,18,20). The number of halogens is 4. The molecule has 4 nitrogen and oxygen atoms in total. The third-order valence-electron chi connectivity index (χ3n) is 3.40. The number of alkyl halides is 3. The number of primary amides is 1. The summed E-state index contributed by atoms with van der Waals surface area (Å²) in [5.74, 6) is -2.55. The summed E-state index contributed by atoms with van der Waals surface area (Å²) in [7, 11) is 0. The molecule has 0 saturated carbocycles. The number of hydrogen-bond donors (Lipinski definition) is 1. The Kier molecular flexibility index (Phi) is 4.24. The minimum absolute atomic E-state index is 0.229. The summed E-state index contributed by atoms with van der Waals surface area (Å²) in [5, 5.41) is 0. The summed E-state index contributed by atoms with van der Waals surface area (Å²) in [6.07, 6.45) is -3.91. The number of rotatable bonds is 3. The van der Waals surface area contributed by atoms with Gasteiger partial charge in [0, 0.05) is 30.8 Å². The van der Waals surface area contributed by atoms with Gasteiger partial charge in [0.1, 0.15) is 0 Å². The highest BCUT2D eigenvalue weighted by atomic mass is 19.4. The topological polar surface area (TPSA) is 55.6 Å². The fraction of sp³-hybridized carbons (Fsp3) is 0.462. The number of amides is 1. The molecule has 1 aliphatic rings. The van der Waals surface area contributed by atoms with Crippen LogP contribution in [-0.2, 0) is 4.79 Å². The van der Waals surface area contributed by atoms with Gasteiger partial charge in [-0.3, -0.25) is 4.79 Å². The van der Waals surface area contributed by atoms with Crippen molar-refractivity contribution in [2.45, 2.75) is 19.2 Å². The maximum absolute atomic E-state index is 13.3. The number of carbonyl (C=O) groups excluding carboxylic acids is 1. The minimum Gasteiger partial charge on any atom is -0.403 e. The van der Waals surface area contributed by atoms with Crippen LogP contribution < -0.4 is 15.4 Å². The Morgan fingerprint density at radius 2 is 1.90 bits per heavy atom. The Morgan fingerprint density at radius 1 is 1.29 bits per heavy atom. The third-order valence-corrected chi connectivity index (χ3v) is 3.40. The van der Waals surface area contributed by atoms with Crippen molar-refractivity contribution in [3.8, 4) is 5.75 Å². The Morgan fingerprint density at radius 3 is 2.43 bits per heavy atom. The average Bonchev–Trinajstić information content (AvgIpc) is 2.40. The van der Waals surface area contributed by atoms with E-state index in [2.05, 4.69) is 4.74 Å². The summed E-state index contributed by atoms with van der Waals surface area (Å²) in [4.78, 5) is 12.8. The van der Waals surface area contributed by atoms with Gasteiger partial charge in [-0.2, -0.15) is 0 Å². The van der Waals surface area contributed by atoms with Gasteiger partial charge in [0.05, 0.1) is 0 Å². The monoisotopic (exact) mass is 306 g/mol. The van der Waals surface area contributed by atoms with E-state index in [-0.39, 0.29) is 11.8 Å². The summed E-state index contributed by atoms with van der Waals surface area (Å²) in [6, 6.07) is 3.31. The molecule has 1 heterocycles. The Balaban J connectivity index is 2.11. The maximum Gasteiger partial charge on any atom is 0.573 e. The van der Waals surface area contributed by atoms with Crippen LogP contribution in [0.15, 0.2) is 18.2 Å². The molecule has 0 unspecified atom stereocenters. The van der Waals surface area contributed by atoms with Crippen molar-refractivity contribution < 1.29 is 27.1 Å². The molecular weight excluding hydrogens is 292 g/mol. The number of carbonyl (C=O) groups is 1. The van der Waals surface area contributed by atoms with E-state index in [1.165, 1.54) is 6.07 Å². The van der Waals surface area contributed by atoms with Crippen LogP contribution in [0.25, 0.3) is 0 Å². The predicted molar refractivity (Wildman–Crippen MR) is 67.2 cm³/mol. The zero-order chi connectivity index (χ0) is 15.6. The largest absolute Gasteiger partial charge is 0.573 e. The van der Waals surface area contributed by atoms with Gasteiger partial charge in [0.2, 0.25) is 5.91 Å². The molecule has 0 radical (unpaired) electrons. The molecule has 8 heteroatoms. The van der Waals surface area contributed by atoms with Gasteiger partial charge in [-0.25, -0.2) is 4.39 Å². The molecule has 1 saturated heterocycles. The molecule has 2 rings (SSSR count). The zero-order valence-corrected chi connectivity index (χ0v) is 11.0. The number of ether oxygens (including phenoxy) is 1. The molecule has 0 aliphatic carbocycles. The first-order chi connectivity index (χ1) is 9.76. The Hall–Kier alpha value is -1.99. The van der Waals surface area contributed by atoms with Crippen molar-refractivity contribution in [1.29, 1.82) is 0 Å². The molecular formula is C13H14F4N2O2. The molecule has 1 aromatic rings. The van der Waals surface area contributed by atoms with E-state index in [0.717, 1.165) is 12.1 Å². The number of benzene rings is 1. The summed E-state index contributed by atoms with van der Waals surface area (Å²) in [6.45, 7) is 0.926. The molecule has 1 aliphatic heterocycles. The van der Waals surface area contributed by atoms with E-state index >= 15 is 0 Å². The van der Waals surface area contributed by atoms with Crippen LogP contribution in [0.2, 0.25) is 0 Å². The molecule has 0 bridgehead atoms. The lowest BCUT2D eigenvalue weighted by molar-refractivity contribution is -0.275. The minimum atomic E-state index is -4.95. The van der Waals surface area contributed by atoms with Crippen LogP contribution in [0, 0.1) is 11.7 Å². The van der Waals surface area contributed by atoms with Gasteiger partial charge in [-0.15, -0.1) is 13.2 Å². The lowest BCUT2D eigenvalue weighted by atomic mass is 9.96. The molecule has 0 aromatic heterocycles. The smallest absolute Gasteiger partial charge is 0.403 e. The molecule has 116 valence electrons. The maximum atomic E-state index is 13.3. The molecule has 1 amide bonds. The van der Waals surface area contributed by atoms with Crippen LogP contribution in [0.5, 0.6) is 5.75 Å². The van der Waals surface area contributed by atoms with Crippen molar-refractivity contribution in [3.63, 3.8) is 0 Å². The zero-order valence-electron chi connectivity index (χ0n) is 11.0. The normalized spacial score (nSPS) is 16.9. The molecule has 0 atom stereocenters. The number of nitrogens with two attached hydrogens (primary N) is 1. The lowest BCUT2D eigenvalue weighted by Gasteiger charge is -2.32. The second-order valence-electron chi connectivity index (χ2n) is 4.83. The van der Waals surface area contributed by atoms with Crippen LogP contribution in [0.4, 0.5) is 23.2 Å². The number of piperidine rings is 1. The second-order valence-corrected chi connectivity index (χ2v) is 4.83. The van der Waals surface area contributed by atoms with Crippen molar-refractivity contribution in [2.75, 3.05) is 18.0 Å². The fourth-order valence-electron chi connectivity index (χ4n) is 2.31. The van der Waals surface area contributed by atoms with Crippen LogP contribution in [-0.4, -0.2) is 25.4 Å². The highest BCUT2D eigenvalue weighted by molar-refractivity contribution is 5.77. The number of nitrogens with zero attached hydrogens (tertiary/aromatic N) is 1.